The molecule has 16 heavy (non-hydrogen) atoms. The van der Waals surface area contributed by atoms with Crippen LogP contribution in [0, 0.1) is 0 Å². The molecule has 1 aromatic heterocycles. The van der Waals surface area contributed by atoms with Gasteiger partial charge in [0, 0.05) is 19.2 Å². The summed E-state index contributed by atoms with van der Waals surface area (Å²) in [6.45, 7) is 4.09. The summed E-state index contributed by atoms with van der Waals surface area (Å²) in [5.41, 5.74) is 7.76. The van der Waals surface area contributed by atoms with Crippen molar-refractivity contribution in [3.05, 3.63) is 17.5 Å². The molecule has 0 radical (unpaired) electrons. The zero-order chi connectivity index (χ0) is 12.1. The molecule has 1 atom stereocenters. The third-order valence-corrected chi connectivity index (χ3v) is 2.76. The van der Waals surface area contributed by atoms with Crippen LogP contribution in [0.25, 0.3) is 0 Å². The highest BCUT2D eigenvalue weighted by Gasteiger charge is 2.15. The molecule has 0 saturated carbocycles. The summed E-state index contributed by atoms with van der Waals surface area (Å²) < 4.78 is 1.77. The quantitative estimate of drug-likeness (QED) is 0.788. The molecule has 0 saturated heterocycles. The van der Waals surface area contributed by atoms with Gasteiger partial charge in [0.15, 0.2) is 5.78 Å². The van der Waals surface area contributed by atoms with Crippen LogP contribution in [0.4, 0.5) is 0 Å². The van der Waals surface area contributed by atoms with E-state index in [4.69, 9.17) is 5.73 Å². The van der Waals surface area contributed by atoms with Gasteiger partial charge >= 0.3 is 0 Å². The van der Waals surface area contributed by atoms with Crippen molar-refractivity contribution < 1.29 is 4.79 Å². The molecule has 1 aromatic rings. The van der Waals surface area contributed by atoms with Gasteiger partial charge in [0.2, 0.25) is 0 Å². The molecule has 4 heteroatoms. The standard InChI is InChI=1S/C12H21N3O/c1-4-6-11(13)12(16)8-10-7-9(5-2)14-15(10)3/h7,11H,4-6,8,13H2,1-3H3. The molecule has 0 aliphatic carbocycles. The van der Waals surface area contributed by atoms with Gasteiger partial charge in [-0.3, -0.25) is 9.48 Å². The van der Waals surface area contributed by atoms with Gasteiger partial charge in [-0.25, -0.2) is 0 Å². The van der Waals surface area contributed by atoms with Crippen LogP contribution in [0.3, 0.4) is 0 Å². The fourth-order valence-electron chi connectivity index (χ4n) is 1.69. The van der Waals surface area contributed by atoms with Crippen molar-refractivity contribution in [2.24, 2.45) is 12.8 Å². The van der Waals surface area contributed by atoms with E-state index >= 15 is 0 Å². The molecule has 0 aliphatic heterocycles. The van der Waals surface area contributed by atoms with Crippen LogP contribution < -0.4 is 5.73 Å². The minimum Gasteiger partial charge on any atom is -0.321 e. The van der Waals surface area contributed by atoms with Crippen molar-refractivity contribution in [2.75, 3.05) is 0 Å². The Morgan fingerprint density at radius 2 is 2.25 bits per heavy atom. The molecule has 1 rings (SSSR count). The normalized spacial score (nSPS) is 12.8. The number of Topliss-reactive ketones (excluding diaryl/α,β-unsaturated/α-hetero) is 1. The van der Waals surface area contributed by atoms with E-state index in [-0.39, 0.29) is 11.8 Å². The van der Waals surface area contributed by atoms with Crippen molar-refractivity contribution in [3.8, 4) is 0 Å². The summed E-state index contributed by atoms with van der Waals surface area (Å²) in [6, 6.07) is 1.65. The maximum Gasteiger partial charge on any atom is 0.155 e. The first-order valence-corrected chi connectivity index (χ1v) is 5.88. The second kappa shape index (κ2) is 5.80. The Balaban J connectivity index is 2.65. The molecule has 1 heterocycles. The van der Waals surface area contributed by atoms with Crippen LogP contribution in [0.15, 0.2) is 6.07 Å². The predicted octanol–water partition coefficient (Wildman–Crippen LogP) is 1.22. The lowest BCUT2D eigenvalue weighted by Gasteiger charge is -2.08. The average molecular weight is 223 g/mol. The van der Waals surface area contributed by atoms with E-state index in [2.05, 4.69) is 12.0 Å². The number of carbonyl (C=O) groups is 1. The van der Waals surface area contributed by atoms with E-state index in [0.29, 0.717) is 6.42 Å². The number of hydrogen-bond acceptors (Lipinski definition) is 3. The highest BCUT2D eigenvalue weighted by Crippen LogP contribution is 2.07. The third-order valence-electron chi connectivity index (χ3n) is 2.76. The van der Waals surface area contributed by atoms with Crippen LogP contribution in [-0.2, 0) is 24.7 Å². The van der Waals surface area contributed by atoms with E-state index in [1.165, 1.54) is 0 Å². The second-order valence-corrected chi connectivity index (χ2v) is 4.14. The van der Waals surface area contributed by atoms with Gasteiger partial charge in [0.05, 0.1) is 11.7 Å². The maximum atomic E-state index is 11.8. The molecule has 0 fully saturated rings. The second-order valence-electron chi connectivity index (χ2n) is 4.14. The van der Waals surface area contributed by atoms with Gasteiger partial charge in [-0.15, -0.1) is 0 Å². The smallest absolute Gasteiger partial charge is 0.155 e. The fourth-order valence-corrected chi connectivity index (χ4v) is 1.69. The van der Waals surface area contributed by atoms with Crippen LogP contribution >= 0.6 is 0 Å². The molecule has 90 valence electrons. The van der Waals surface area contributed by atoms with Gasteiger partial charge in [0.25, 0.3) is 0 Å². The fraction of sp³-hybridized carbons (Fsp3) is 0.667. The molecule has 0 amide bonds. The molecular weight excluding hydrogens is 202 g/mol. The van der Waals surface area contributed by atoms with Crippen molar-refractivity contribution in [1.29, 1.82) is 0 Å². The summed E-state index contributed by atoms with van der Waals surface area (Å²) in [5.74, 6) is 0.104. The minimum absolute atomic E-state index is 0.104. The van der Waals surface area contributed by atoms with Gasteiger partial charge in [-0.2, -0.15) is 5.10 Å². The first kappa shape index (κ1) is 12.9. The Labute approximate surface area is 96.8 Å². The highest BCUT2D eigenvalue weighted by molar-refractivity contribution is 5.85. The van der Waals surface area contributed by atoms with Gasteiger partial charge in [-0.1, -0.05) is 20.3 Å². The molecule has 0 aliphatic rings. The molecule has 2 N–H and O–H groups in total. The summed E-state index contributed by atoms with van der Waals surface area (Å²) in [7, 11) is 1.87. The minimum atomic E-state index is -0.329. The van der Waals surface area contributed by atoms with Crippen LogP contribution in [0.2, 0.25) is 0 Å². The number of aryl methyl sites for hydroxylation is 2. The molecular formula is C12H21N3O. The SMILES string of the molecule is CCCC(N)C(=O)Cc1cc(CC)nn1C. The van der Waals surface area contributed by atoms with Crippen LogP contribution in [0.5, 0.6) is 0 Å². The number of aromatic nitrogens is 2. The summed E-state index contributed by atoms with van der Waals surface area (Å²) in [5, 5.41) is 4.31. The van der Waals surface area contributed by atoms with Crippen LogP contribution in [0.1, 0.15) is 38.1 Å². The lowest BCUT2D eigenvalue weighted by atomic mass is 10.0. The zero-order valence-corrected chi connectivity index (χ0v) is 10.4. The monoisotopic (exact) mass is 223 g/mol. The van der Waals surface area contributed by atoms with Gasteiger partial charge in [0.1, 0.15) is 0 Å². The van der Waals surface area contributed by atoms with E-state index in [1.807, 2.05) is 20.0 Å². The van der Waals surface area contributed by atoms with E-state index in [0.717, 1.165) is 30.7 Å². The molecule has 0 aromatic carbocycles. The van der Waals surface area contributed by atoms with E-state index < -0.39 is 0 Å². The number of carbonyl (C=O) groups excluding carboxylic acids is 1. The number of hydrogen-bond donors (Lipinski definition) is 1. The summed E-state index contributed by atoms with van der Waals surface area (Å²) >= 11 is 0. The lowest BCUT2D eigenvalue weighted by molar-refractivity contribution is -0.119. The molecule has 0 spiro atoms. The molecule has 4 nitrogen and oxygen atoms in total. The Morgan fingerprint density at radius 3 is 2.75 bits per heavy atom. The molecule has 0 bridgehead atoms. The first-order chi connectivity index (χ1) is 7.58. The summed E-state index contributed by atoms with van der Waals surface area (Å²) in [6.07, 6.45) is 2.99. The van der Waals surface area contributed by atoms with Gasteiger partial charge in [-0.05, 0) is 18.9 Å². The largest absolute Gasteiger partial charge is 0.321 e. The Bertz CT molecular complexity index is 357. The third kappa shape index (κ3) is 3.17. The first-order valence-electron chi connectivity index (χ1n) is 5.88. The Morgan fingerprint density at radius 1 is 1.56 bits per heavy atom. The summed E-state index contributed by atoms with van der Waals surface area (Å²) in [4.78, 5) is 11.8. The van der Waals surface area contributed by atoms with E-state index in [9.17, 15) is 4.79 Å². The number of nitrogens with zero attached hydrogens (tertiary/aromatic N) is 2. The highest BCUT2D eigenvalue weighted by atomic mass is 16.1. The number of ketones is 1. The zero-order valence-electron chi connectivity index (χ0n) is 10.4. The van der Waals surface area contributed by atoms with Crippen LogP contribution in [-0.4, -0.2) is 21.6 Å². The number of rotatable bonds is 6. The van der Waals surface area contributed by atoms with Crippen molar-refractivity contribution in [3.63, 3.8) is 0 Å². The maximum absolute atomic E-state index is 11.8. The molecule has 1 unspecified atom stereocenters. The van der Waals surface area contributed by atoms with Gasteiger partial charge < -0.3 is 5.73 Å². The predicted molar refractivity (Wildman–Crippen MR) is 64.2 cm³/mol. The number of nitrogens with two attached hydrogens (primary N) is 1. The van der Waals surface area contributed by atoms with E-state index in [1.54, 1.807) is 4.68 Å². The topological polar surface area (TPSA) is 60.9 Å². The van der Waals surface area contributed by atoms with Crippen molar-refractivity contribution >= 4 is 5.78 Å². The average Bonchev–Trinajstić information content (AvgIpc) is 2.60. The lowest BCUT2D eigenvalue weighted by Crippen LogP contribution is -2.31. The van der Waals surface area contributed by atoms with Crippen molar-refractivity contribution in [1.82, 2.24) is 9.78 Å². The Hall–Kier alpha value is -1.16. The Kier molecular flexibility index (Phi) is 4.68. The van der Waals surface area contributed by atoms with Crippen molar-refractivity contribution in [2.45, 2.75) is 45.6 Å².